The lowest BCUT2D eigenvalue weighted by atomic mass is 10.3. The monoisotopic (exact) mass is 312 g/mol. The molecule has 0 spiro atoms. The molecule has 0 aliphatic carbocycles. The molecule has 1 N–H and O–H groups in total. The van der Waals surface area contributed by atoms with E-state index in [-0.39, 0.29) is 15.8 Å². The van der Waals surface area contributed by atoms with Crippen LogP contribution in [0.15, 0.2) is 48.5 Å². The molecule has 20 heavy (non-hydrogen) atoms. The summed E-state index contributed by atoms with van der Waals surface area (Å²) < 4.78 is 10.5. The van der Waals surface area contributed by atoms with E-state index in [1.807, 2.05) is 0 Å². The van der Waals surface area contributed by atoms with Crippen LogP contribution in [-0.2, 0) is 4.79 Å². The van der Waals surface area contributed by atoms with Crippen LogP contribution in [0, 0.1) is 0 Å². The highest BCUT2D eigenvalue weighted by Gasteiger charge is 2.23. The summed E-state index contributed by atoms with van der Waals surface area (Å²) in [6.45, 7) is 0. The first kappa shape index (κ1) is 14.5. The summed E-state index contributed by atoms with van der Waals surface area (Å²) in [5, 5.41) is 9.54. The lowest BCUT2D eigenvalue weighted by Gasteiger charge is -2.17. The molecule has 104 valence electrons. The number of aliphatic carboxylic acids is 1. The second kappa shape index (κ2) is 6.50. The van der Waals surface area contributed by atoms with Gasteiger partial charge in [-0.05, 0) is 24.3 Å². The van der Waals surface area contributed by atoms with Gasteiger partial charge in [-0.1, -0.05) is 47.5 Å². The zero-order valence-corrected chi connectivity index (χ0v) is 11.6. The van der Waals surface area contributed by atoms with Crippen LogP contribution in [0.5, 0.6) is 11.5 Å². The largest absolute Gasteiger partial charge is 0.476 e. The van der Waals surface area contributed by atoms with Gasteiger partial charge in [0.05, 0.1) is 5.02 Å². The summed E-state index contributed by atoms with van der Waals surface area (Å²) in [5.41, 5.74) is 0. The predicted octanol–water partition coefficient (Wildman–Crippen LogP) is 3.86. The van der Waals surface area contributed by atoms with Crippen molar-refractivity contribution >= 4 is 29.2 Å². The van der Waals surface area contributed by atoms with E-state index in [4.69, 9.17) is 37.8 Å². The van der Waals surface area contributed by atoms with E-state index >= 15 is 0 Å². The average molecular weight is 313 g/mol. The Labute approximate surface area is 125 Å². The first-order valence-corrected chi connectivity index (χ1v) is 6.38. The topological polar surface area (TPSA) is 55.8 Å². The molecule has 0 aliphatic heterocycles. The van der Waals surface area contributed by atoms with Gasteiger partial charge in [0.25, 0.3) is 0 Å². The zero-order chi connectivity index (χ0) is 14.5. The van der Waals surface area contributed by atoms with Crippen LogP contribution in [0.1, 0.15) is 0 Å². The second-order valence-corrected chi connectivity index (χ2v) is 4.56. The van der Waals surface area contributed by atoms with Crippen molar-refractivity contribution in [3.63, 3.8) is 0 Å². The third kappa shape index (κ3) is 3.56. The molecule has 0 saturated heterocycles. The zero-order valence-electron chi connectivity index (χ0n) is 10.1. The maximum Gasteiger partial charge on any atom is 0.387 e. The van der Waals surface area contributed by atoms with Crippen molar-refractivity contribution in [1.29, 1.82) is 0 Å². The van der Waals surface area contributed by atoms with E-state index in [0.29, 0.717) is 5.75 Å². The molecule has 0 aromatic heterocycles. The predicted molar refractivity (Wildman–Crippen MR) is 75.6 cm³/mol. The first-order valence-electron chi connectivity index (χ1n) is 5.63. The van der Waals surface area contributed by atoms with Crippen LogP contribution < -0.4 is 9.47 Å². The molecule has 0 heterocycles. The molecule has 0 fully saturated rings. The van der Waals surface area contributed by atoms with Crippen LogP contribution in [0.2, 0.25) is 10.0 Å². The van der Waals surface area contributed by atoms with Crippen molar-refractivity contribution < 1.29 is 19.4 Å². The molecule has 0 saturated carbocycles. The Balaban J connectivity index is 2.18. The SMILES string of the molecule is O=C(O)C(Oc1ccccc1)Oc1cccc(Cl)c1Cl. The highest BCUT2D eigenvalue weighted by atomic mass is 35.5. The summed E-state index contributed by atoms with van der Waals surface area (Å²) in [5.74, 6) is -0.759. The molecule has 4 nitrogen and oxygen atoms in total. The normalized spacial score (nSPS) is 11.7. The number of carboxylic acids is 1. The van der Waals surface area contributed by atoms with Crippen LogP contribution in [0.4, 0.5) is 0 Å². The number of carboxylic acid groups (broad SMARTS) is 1. The minimum Gasteiger partial charge on any atom is -0.476 e. The fourth-order valence-electron chi connectivity index (χ4n) is 1.44. The summed E-state index contributed by atoms with van der Waals surface area (Å²) in [7, 11) is 0. The van der Waals surface area contributed by atoms with Gasteiger partial charge in [-0.3, -0.25) is 0 Å². The number of benzene rings is 2. The van der Waals surface area contributed by atoms with E-state index in [1.54, 1.807) is 42.5 Å². The molecule has 2 aromatic rings. The molecule has 6 heteroatoms. The van der Waals surface area contributed by atoms with Crippen molar-refractivity contribution in [2.45, 2.75) is 6.29 Å². The van der Waals surface area contributed by atoms with E-state index in [1.165, 1.54) is 6.07 Å². The van der Waals surface area contributed by atoms with Gasteiger partial charge in [-0.15, -0.1) is 0 Å². The Morgan fingerprint density at radius 3 is 2.35 bits per heavy atom. The van der Waals surface area contributed by atoms with Crippen LogP contribution in [-0.4, -0.2) is 17.4 Å². The number of hydrogen-bond acceptors (Lipinski definition) is 3. The lowest BCUT2D eigenvalue weighted by molar-refractivity contribution is -0.158. The number of hydrogen-bond donors (Lipinski definition) is 1. The highest BCUT2D eigenvalue weighted by Crippen LogP contribution is 2.32. The van der Waals surface area contributed by atoms with Crippen molar-refractivity contribution in [2.24, 2.45) is 0 Å². The van der Waals surface area contributed by atoms with Gasteiger partial charge in [-0.2, -0.15) is 0 Å². The summed E-state index contributed by atoms with van der Waals surface area (Å²) in [4.78, 5) is 11.2. The van der Waals surface area contributed by atoms with Gasteiger partial charge >= 0.3 is 12.3 Å². The molecule has 1 unspecified atom stereocenters. The summed E-state index contributed by atoms with van der Waals surface area (Å²) in [6, 6.07) is 13.2. The molecule has 2 rings (SSSR count). The number of para-hydroxylation sites is 1. The quantitative estimate of drug-likeness (QED) is 0.852. The third-order valence-corrected chi connectivity index (χ3v) is 3.14. The highest BCUT2D eigenvalue weighted by molar-refractivity contribution is 6.42. The number of carbonyl (C=O) groups is 1. The fraction of sp³-hybridized carbons (Fsp3) is 0.0714. The van der Waals surface area contributed by atoms with Crippen molar-refractivity contribution in [1.82, 2.24) is 0 Å². The van der Waals surface area contributed by atoms with Crippen LogP contribution in [0.3, 0.4) is 0 Å². The van der Waals surface area contributed by atoms with Gasteiger partial charge < -0.3 is 14.6 Å². The first-order chi connectivity index (χ1) is 9.58. The average Bonchev–Trinajstić information content (AvgIpc) is 2.44. The number of ether oxygens (including phenoxy) is 2. The van der Waals surface area contributed by atoms with Gasteiger partial charge in [0.1, 0.15) is 16.5 Å². The molecule has 0 bridgehead atoms. The minimum absolute atomic E-state index is 0.136. The van der Waals surface area contributed by atoms with Gasteiger partial charge in [-0.25, -0.2) is 4.79 Å². The molecule has 2 aromatic carbocycles. The van der Waals surface area contributed by atoms with Crippen LogP contribution >= 0.6 is 23.2 Å². The number of halogens is 2. The van der Waals surface area contributed by atoms with E-state index in [2.05, 4.69) is 0 Å². The van der Waals surface area contributed by atoms with Crippen molar-refractivity contribution in [3.8, 4) is 11.5 Å². The molecular weight excluding hydrogens is 303 g/mol. The third-order valence-electron chi connectivity index (χ3n) is 2.34. The molecule has 1 atom stereocenters. The summed E-state index contributed by atoms with van der Waals surface area (Å²) >= 11 is 11.8. The lowest BCUT2D eigenvalue weighted by Crippen LogP contribution is -2.33. The van der Waals surface area contributed by atoms with Gasteiger partial charge in [0.2, 0.25) is 0 Å². The molecule has 0 amide bonds. The Kier molecular flexibility index (Phi) is 4.71. The maximum absolute atomic E-state index is 11.2. The van der Waals surface area contributed by atoms with E-state index in [0.717, 1.165) is 0 Å². The summed E-state index contributed by atoms with van der Waals surface area (Å²) in [6.07, 6.45) is -1.52. The molecule has 0 aliphatic rings. The van der Waals surface area contributed by atoms with Gasteiger partial charge in [0, 0.05) is 0 Å². The second-order valence-electron chi connectivity index (χ2n) is 3.77. The fourth-order valence-corrected chi connectivity index (χ4v) is 1.77. The standard InChI is InChI=1S/C14H10Cl2O4/c15-10-7-4-8-11(12(10)16)20-14(13(17)18)19-9-5-2-1-3-6-9/h1-8,14H,(H,17,18). The number of rotatable bonds is 5. The van der Waals surface area contributed by atoms with Crippen molar-refractivity contribution in [3.05, 3.63) is 58.6 Å². The Bertz CT molecular complexity index is 601. The van der Waals surface area contributed by atoms with Gasteiger partial charge in [0.15, 0.2) is 0 Å². The molecule has 0 radical (unpaired) electrons. The van der Waals surface area contributed by atoms with Crippen molar-refractivity contribution in [2.75, 3.05) is 0 Å². The maximum atomic E-state index is 11.2. The van der Waals surface area contributed by atoms with Crippen LogP contribution in [0.25, 0.3) is 0 Å². The smallest absolute Gasteiger partial charge is 0.387 e. The Morgan fingerprint density at radius 1 is 1.00 bits per heavy atom. The van der Waals surface area contributed by atoms with E-state index in [9.17, 15) is 4.79 Å². The van der Waals surface area contributed by atoms with E-state index < -0.39 is 12.3 Å². The Morgan fingerprint density at radius 2 is 1.70 bits per heavy atom. The molecular formula is C14H10Cl2O4. The minimum atomic E-state index is -1.52. The Hall–Kier alpha value is -1.91.